The number of nitrogens with zero attached hydrogens (tertiary/aromatic N) is 4. The van der Waals surface area contributed by atoms with Crippen LogP contribution in [0.3, 0.4) is 0 Å². The van der Waals surface area contributed by atoms with E-state index >= 15 is 0 Å². The molecule has 4 aromatic rings. The van der Waals surface area contributed by atoms with Crippen LogP contribution in [0.4, 0.5) is 0 Å². The van der Waals surface area contributed by atoms with Gasteiger partial charge in [0.1, 0.15) is 22.7 Å². The number of carbonyl (C=O) groups excluding carboxylic acids is 1. The Bertz CT molecular complexity index is 1230. The molecule has 3 heterocycles. The molecule has 0 bridgehead atoms. The number of carbonyl (C=O) groups is 1. The van der Waals surface area contributed by atoms with Crippen LogP contribution in [0.5, 0.6) is 0 Å². The Balaban J connectivity index is 1.27. The zero-order valence-corrected chi connectivity index (χ0v) is 16.0. The van der Waals surface area contributed by atoms with E-state index in [0.29, 0.717) is 25.2 Å². The highest BCUT2D eigenvalue weighted by Gasteiger charge is 2.44. The third-order valence-corrected chi connectivity index (χ3v) is 5.72. The molecular weight excluding hydrogens is 390 g/mol. The third-order valence-electron chi connectivity index (χ3n) is 4.70. The largest absolute Gasteiger partial charge is 0.464 e. The van der Waals surface area contributed by atoms with Gasteiger partial charge in [-0.3, -0.25) is 4.79 Å². The third kappa shape index (κ3) is 3.62. The molecule has 1 aromatic carbocycles. The first kappa shape index (κ1) is 17.6. The Morgan fingerprint density at radius 3 is 2.90 bits per heavy atom. The van der Waals surface area contributed by atoms with Crippen LogP contribution in [-0.4, -0.2) is 26.6 Å². The molecule has 29 heavy (non-hydrogen) atoms. The molecule has 144 valence electrons. The molecule has 5 rings (SSSR count). The summed E-state index contributed by atoms with van der Waals surface area (Å²) < 4.78 is 12.1. The van der Waals surface area contributed by atoms with E-state index in [1.54, 1.807) is 17.6 Å². The summed E-state index contributed by atoms with van der Waals surface area (Å²) in [5.74, 6) is 1.16. The topological polar surface area (TPSA) is 118 Å². The predicted octanol–water partition coefficient (Wildman–Crippen LogP) is 3.24. The first-order chi connectivity index (χ1) is 14.1. The molecule has 0 spiro atoms. The maximum Gasteiger partial charge on any atom is 0.230 e. The lowest BCUT2D eigenvalue weighted by Crippen LogP contribution is -2.36. The van der Waals surface area contributed by atoms with Gasteiger partial charge in [-0.25, -0.2) is 4.98 Å². The van der Waals surface area contributed by atoms with E-state index in [4.69, 9.17) is 14.1 Å². The van der Waals surface area contributed by atoms with Crippen molar-refractivity contribution in [3.63, 3.8) is 0 Å². The molecular formula is C20H15N5O3S. The molecule has 0 unspecified atom stereocenters. The minimum absolute atomic E-state index is 0.0389. The fourth-order valence-electron chi connectivity index (χ4n) is 3.04. The van der Waals surface area contributed by atoms with Gasteiger partial charge in [0.2, 0.25) is 17.7 Å². The number of aromatic nitrogens is 3. The van der Waals surface area contributed by atoms with E-state index in [-0.39, 0.29) is 18.2 Å². The van der Waals surface area contributed by atoms with Crippen molar-refractivity contribution in [1.82, 2.24) is 20.5 Å². The molecule has 0 saturated heterocycles. The van der Waals surface area contributed by atoms with Gasteiger partial charge >= 0.3 is 0 Å². The smallest absolute Gasteiger partial charge is 0.230 e. The van der Waals surface area contributed by atoms with Crippen LogP contribution in [0.15, 0.2) is 45.4 Å². The number of amides is 1. The Morgan fingerprint density at radius 1 is 1.28 bits per heavy atom. The lowest BCUT2D eigenvalue weighted by Gasteiger charge is -2.06. The Hall–Kier alpha value is -3.51. The highest BCUT2D eigenvalue weighted by Crippen LogP contribution is 2.34. The summed E-state index contributed by atoms with van der Waals surface area (Å²) in [5.41, 5.74) is 1.19. The first-order valence-electron chi connectivity index (χ1n) is 9.09. The molecule has 1 aliphatic carbocycles. The maximum atomic E-state index is 12.0. The van der Waals surface area contributed by atoms with Gasteiger partial charge in [-0.15, -0.1) is 21.5 Å². The zero-order valence-electron chi connectivity index (χ0n) is 15.2. The lowest BCUT2D eigenvalue weighted by atomic mass is 10.2. The molecule has 8 nitrogen and oxygen atoms in total. The number of hydrogen-bond donors (Lipinski definition) is 1. The highest BCUT2D eigenvalue weighted by atomic mass is 32.1. The minimum atomic E-state index is -0.699. The van der Waals surface area contributed by atoms with Crippen molar-refractivity contribution in [2.45, 2.75) is 31.2 Å². The average Bonchev–Trinajstić information content (AvgIpc) is 3.13. The normalized spacial score (nSPS) is 14.6. The van der Waals surface area contributed by atoms with E-state index < -0.39 is 5.54 Å². The van der Waals surface area contributed by atoms with E-state index in [1.165, 1.54) is 0 Å². The van der Waals surface area contributed by atoms with E-state index in [9.17, 15) is 4.79 Å². The van der Waals surface area contributed by atoms with Crippen LogP contribution in [-0.2, 0) is 17.6 Å². The van der Waals surface area contributed by atoms with E-state index in [1.807, 2.05) is 30.3 Å². The van der Waals surface area contributed by atoms with Gasteiger partial charge in [-0.2, -0.15) is 5.26 Å². The second kappa shape index (κ2) is 6.83. The molecule has 0 radical (unpaired) electrons. The zero-order chi connectivity index (χ0) is 19.8. The Labute approximate surface area is 169 Å². The molecule has 1 aliphatic rings. The standard InChI is InChI=1S/C20H15N5O3S/c21-11-20(5-6-20)23-16(26)9-17-24-25-18(28-17)10-19-22-13-4-3-12(8-15(13)29-19)14-2-1-7-27-14/h1-4,7-8H,5-6,9-10H2,(H,23,26). The molecule has 1 amide bonds. The van der Waals surface area contributed by atoms with Gasteiger partial charge < -0.3 is 14.2 Å². The van der Waals surface area contributed by atoms with Gasteiger partial charge in [-0.1, -0.05) is 0 Å². The predicted molar refractivity (Wildman–Crippen MR) is 104 cm³/mol. The SMILES string of the molecule is N#CC1(NC(=O)Cc2nnc(Cc3nc4ccc(-c5ccco5)cc4s3)o2)CC1. The monoisotopic (exact) mass is 405 g/mol. The quantitative estimate of drug-likeness (QED) is 0.523. The van der Waals surface area contributed by atoms with Crippen molar-refractivity contribution < 1.29 is 13.6 Å². The van der Waals surface area contributed by atoms with Crippen LogP contribution >= 0.6 is 11.3 Å². The molecule has 0 aliphatic heterocycles. The number of thiazole rings is 1. The van der Waals surface area contributed by atoms with E-state index in [0.717, 1.165) is 26.5 Å². The van der Waals surface area contributed by atoms with Crippen molar-refractivity contribution in [2.24, 2.45) is 0 Å². The van der Waals surface area contributed by atoms with Gasteiger partial charge in [0.25, 0.3) is 0 Å². The number of furan rings is 1. The van der Waals surface area contributed by atoms with Gasteiger partial charge in [0, 0.05) is 5.56 Å². The summed E-state index contributed by atoms with van der Waals surface area (Å²) in [4.78, 5) is 16.6. The number of fused-ring (bicyclic) bond motifs is 1. The van der Waals surface area contributed by atoms with Crippen LogP contribution < -0.4 is 5.32 Å². The second-order valence-corrected chi connectivity index (χ2v) is 8.07. The van der Waals surface area contributed by atoms with Crippen LogP contribution in [0.2, 0.25) is 0 Å². The molecule has 1 N–H and O–H groups in total. The van der Waals surface area contributed by atoms with Crippen LogP contribution in [0.25, 0.3) is 21.5 Å². The fourth-order valence-corrected chi connectivity index (χ4v) is 4.04. The summed E-state index contributed by atoms with van der Waals surface area (Å²) in [5, 5.41) is 20.6. The van der Waals surface area contributed by atoms with Crippen molar-refractivity contribution in [2.75, 3.05) is 0 Å². The second-order valence-electron chi connectivity index (χ2n) is 6.95. The lowest BCUT2D eigenvalue weighted by molar-refractivity contribution is -0.121. The summed E-state index contributed by atoms with van der Waals surface area (Å²) in [6.45, 7) is 0. The number of hydrogen-bond acceptors (Lipinski definition) is 8. The molecule has 1 fully saturated rings. The summed E-state index contributed by atoms with van der Waals surface area (Å²) in [6.07, 6.45) is 3.37. The highest BCUT2D eigenvalue weighted by molar-refractivity contribution is 7.18. The number of rotatable bonds is 6. The van der Waals surface area contributed by atoms with Crippen LogP contribution in [0.1, 0.15) is 29.6 Å². The summed E-state index contributed by atoms with van der Waals surface area (Å²) >= 11 is 1.55. The van der Waals surface area contributed by atoms with Crippen molar-refractivity contribution >= 4 is 27.5 Å². The number of nitriles is 1. The summed E-state index contributed by atoms with van der Waals surface area (Å²) in [7, 11) is 0. The van der Waals surface area contributed by atoms with E-state index in [2.05, 4.69) is 26.6 Å². The van der Waals surface area contributed by atoms with Crippen LogP contribution in [0, 0.1) is 11.3 Å². The molecule has 3 aromatic heterocycles. The van der Waals surface area contributed by atoms with Gasteiger partial charge in [0.05, 0.1) is 29.0 Å². The molecule has 1 saturated carbocycles. The molecule has 0 atom stereocenters. The molecule has 9 heteroatoms. The van der Waals surface area contributed by atoms with Gasteiger partial charge in [-0.05, 0) is 43.2 Å². The maximum absolute atomic E-state index is 12.0. The summed E-state index contributed by atoms with van der Waals surface area (Å²) in [6, 6.07) is 11.9. The van der Waals surface area contributed by atoms with Gasteiger partial charge in [0.15, 0.2) is 0 Å². The first-order valence-corrected chi connectivity index (χ1v) is 9.91. The fraction of sp³-hybridized carbons (Fsp3) is 0.250. The number of benzene rings is 1. The Morgan fingerprint density at radius 2 is 2.14 bits per heavy atom. The van der Waals surface area contributed by atoms with Crippen molar-refractivity contribution in [3.05, 3.63) is 53.4 Å². The van der Waals surface area contributed by atoms with Crippen molar-refractivity contribution in [3.8, 4) is 17.4 Å². The minimum Gasteiger partial charge on any atom is -0.464 e. The van der Waals surface area contributed by atoms with Crippen molar-refractivity contribution in [1.29, 1.82) is 5.26 Å². The Kier molecular flexibility index (Phi) is 4.14. The number of nitrogens with one attached hydrogen (secondary N) is 1. The average molecular weight is 405 g/mol.